The molecule has 1 heterocycles. The smallest absolute Gasteiger partial charge is 0.318 e. The Morgan fingerprint density at radius 2 is 1.97 bits per heavy atom. The van der Waals surface area contributed by atoms with E-state index in [9.17, 15) is 23.3 Å². The molecule has 0 aromatic heterocycles. The Labute approximate surface area is 165 Å². The van der Waals surface area contributed by atoms with Crippen LogP contribution in [0.15, 0.2) is 47.4 Å². The zero-order valence-corrected chi connectivity index (χ0v) is 15.7. The molecule has 1 unspecified atom stereocenters. The zero-order valence-electron chi connectivity index (χ0n) is 14.9. The average Bonchev–Trinajstić information content (AvgIpc) is 2.70. The fraction of sp³-hybridized carbons (Fsp3) is 0.235. The van der Waals surface area contributed by atoms with Crippen LogP contribution in [0.2, 0.25) is 0 Å². The minimum atomic E-state index is -4.20. The normalized spacial score (nSPS) is 15.5. The van der Waals surface area contributed by atoms with Crippen LogP contribution in [0.25, 0.3) is 0 Å². The summed E-state index contributed by atoms with van der Waals surface area (Å²) in [7, 11) is -4.20. The van der Waals surface area contributed by atoms with Gasteiger partial charge in [0.15, 0.2) is 11.5 Å². The summed E-state index contributed by atoms with van der Waals surface area (Å²) < 4.78 is 37.4. The fourth-order valence-electron chi connectivity index (χ4n) is 2.61. The predicted octanol–water partition coefficient (Wildman–Crippen LogP) is 1.21. The number of hydrogen-bond acceptors (Lipinski definition) is 8. The van der Waals surface area contributed by atoms with Crippen LogP contribution in [0.4, 0.5) is 11.4 Å². The summed E-state index contributed by atoms with van der Waals surface area (Å²) in [6.07, 6.45) is -0.412. The number of anilines is 1. The third-order valence-electron chi connectivity index (χ3n) is 3.98. The Bertz CT molecular complexity index is 1040. The first-order valence-electron chi connectivity index (χ1n) is 8.38. The molecule has 12 heteroatoms. The van der Waals surface area contributed by atoms with Crippen molar-refractivity contribution in [3.63, 3.8) is 0 Å². The first-order valence-corrected chi connectivity index (χ1v) is 9.87. The molecule has 0 aliphatic carbocycles. The largest absolute Gasteiger partial charge is 0.486 e. The second kappa shape index (κ2) is 8.32. The highest BCUT2D eigenvalue weighted by atomic mass is 32.2. The second-order valence-electron chi connectivity index (χ2n) is 6.03. The van der Waals surface area contributed by atoms with Crippen molar-refractivity contribution in [3.8, 4) is 11.5 Å². The first kappa shape index (κ1) is 20.4. The number of para-hydroxylation sites is 2. The van der Waals surface area contributed by atoms with Gasteiger partial charge in [-0.1, -0.05) is 12.1 Å². The molecule has 0 amide bonds. The van der Waals surface area contributed by atoms with Crippen molar-refractivity contribution in [2.75, 3.05) is 25.0 Å². The Morgan fingerprint density at radius 1 is 1.24 bits per heavy atom. The molecule has 11 nitrogen and oxygen atoms in total. The summed E-state index contributed by atoms with van der Waals surface area (Å²) in [6, 6.07) is 10.4. The third-order valence-corrected chi connectivity index (χ3v) is 5.38. The van der Waals surface area contributed by atoms with Gasteiger partial charge < -0.3 is 19.9 Å². The number of carboxylic acids is 1. The molecular weight excluding hydrogens is 406 g/mol. The number of aliphatic carboxylic acids is 1. The molecule has 1 aliphatic heterocycles. The van der Waals surface area contributed by atoms with Crippen LogP contribution >= 0.6 is 0 Å². The summed E-state index contributed by atoms with van der Waals surface area (Å²) in [5.41, 5.74) is -0.380. The summed E-state index contributed by atoms with van der Waals surface area (Å²) >= 11 is 0. The lowest BCUT2D eigenvalue weighted by atomic mass is 10.2. The highest BCUT2D eigenvalue weighted by Crippen LogP contribution is 2.32. The molecule has 0 radical (unpaired) electrons. The topological polar surface area (TPSA) is 157 Å². The number of ether oxygens (including phenoxy) is 2. The lowest BCUT2D eigenvalue weighted by molar-refractivity contribution is -0.384. The predicted molar refractivity (Wildman–Crippen MR) is 101 cm³/mol. The number of nitrogens with zero attached hydrogens (tertiary/aromatic N) is 1. The van der Waals surface area contributed by atoms with Gasteiger partial charge in [0.1, 0.15) is 24.9 Å². The standard InChI is InChI=1S/C17H17N3O8S/c21-17(22)9-19-29(25,26)12-5-6-13(14(7-12)20(23)24)18-8-11-10-27-15-3-1-2-4-16(15)28-11/h1-7,11,18-19H,8-10H2,(H,21,22). The van der Waals surface area contributed by atoms with Gasteiger partial charge in [-0.15, -0.1) is 0 Å². The molecule has 2 aromatic carbocycles. The van der Waals surface area contributed by atoms with Gasteiger partial charge in [-0.05, 0) is 24.3 Å². The van der Waals surface area contributed by atoms with Crippen molar-refractivity contribution in [1.82, 2.24) is 4.72 Å². The molecule has 3 N–H and O–H groups in total. The number of rotatable bonds is 8. The molecular formula is C17H17N3O8S. The summed E-state index contributed by atoms with van der Waals surface area (Å²) in [5, 5.41) is 22.8. The Kier molecular flexibility index (Phi) is 5.84. The van der Waals surface area contributed by atoms with Crippen LogP contribution in [0.1, 0.15) is 0 Å². The lowest BCUT2D eigenvalue weighted by Crippen LogP contribution is -2.35. The van der Waals surface area contributed by atoms with E-state index in [-0.39, 0.29) is 18.8 Å². The van der Waals surface area contributed by atoms with Crippen LogP contribution < -0.4 is 19.5 Å². The first-order chi connectivity index (χ1) is 13.8. The minimum absolute atomic E-state index is 0.0923. The highest BCUT2D eigenvalue weighted by molar-refractivity contribution is 7.89. The van der Waals surface area contributed by atoms with Crippen LogP contribution in [0.3, 0.4) is 0 Å². The van der Waals surface area contributed by atoms with Crippen LogP contribution in [0.5, 0.6) is 11.5 Å². The maximum atomic E-state index is 12.1. The quantitative estimate of drug-likeness (QED) is 0.419. The third kappa shape index (κ3) is 4.92. The molecule has 0 spiro atoms. The van der Waals surface area contributed by atoms with Crippen molar-refractivity contribution in [2.45, 2.75) is 11.0 Å². The number of nitrogens with one attached hydrogen (secondary N) is 2. The average molecular weight is 423 g/mol. The maximum Gasteiger partial charge on any atom is 0.318 e. The summed E-state index contributed by atoms with van der Waals surface area (Å²) in [4.78, 5) is 20.8. The van der Waals surface area contributed by atoms with Gasteiger partial charge in [0.05, 0.1) is 16.4 Å². The van der Waals surface area contributed by atoms with Crippen molar-refractivity contribution in [1.29, 1.82) is 0 Å². The molecule has 29 heavy (non-hydrogen) atoms. The number of nitro benzene ring substituents is 1. The van der Waals surface area contributed by atoms with E-state index in [2.05, 4.69) is 5.32 Å². The van der Waals surface area contributed by atoms with Gasteiger partial charge in [0, 0.05) is 6.07 Å². The Balaban J connectivity index is 1.73. The van der Waals surface area contributed by atoms with E-state index in [4.69, 9.17) is 14.6 Å². The molecule has 154 valence electrons. The molecule has 2 aromatic rings. The Morgan fingerprint density at radius 3 is 2.66 bits per heavy atom. The van der Waals surface area contributed by atoms with Gasteiger partial charge in [0.25, 0.3) is 5.69 Å². The van der Waals surface area contributed by atoms with Gasteiger partial charge in [-0.2, -0.15) is 4.72 Å². The van der Waals surface area contributed by atoms with E-state index in [1.807, 2.05) is 10.8 Å². The highest BCUT2D eigenvalue weighted by Gasteiger charge is 2.24. The van der Waals surface area contributed by atoms with Crippen LogP contribution in [-0.2, 0) is 14.8 Å². The van der Waals surface area contributed by atoms with Gasteiger partial charge in [-0.25, -0.2) is 8.42 Å². The molecule has 0 saturated heterocycles. The molecule has 0 saturated carbocycles. The van der Waals surface area contributed by atoms with E-state index in [1.165, 1.54) is 6.07 Å². The summed E-state index contributed by atoms with van der Waals surface area (Å²) in [6.45, 7) is -0.418. The molecule has 3 rings (SSSR count). The van der Waals surface area contributed by atoms with Crippen molar-refractivity contribution >= 4 is 27.4 Å². The maximum absolute atomic E-state index is 12.1. The van der Waals surface area contributed by atoms with Gasteiger partial charge in [-0.3, -0.25) is 14.9 Å². The van der Waals surface area contributed by atoms with Crippen molar-refractivity contribution in [2.24, 2.45) is 0 Å². The van der Waals surface area contributed by atoms with Crippen LogP contribution in [-0.4, -0.2) is 50.2 Å². The van der Waals surface area contributed by atoms with E-state index in [0.29, 0.717) is 11.5 Å². The van der Waals surface area contributed by atoms with Gasteiger partial charge in [0.2, 0.25) is 10.0 Å². The number of sulfonamides is 1. The van der Waals surface area contributed by atoms with E-state index < -0.39 is 44.1 Å². The number of carboxylic acid groups (broad SMARTS) is 1. The minimum Gasteiger partial charge on any atom is -0.486 e. The van der Waals surface area contributed by atoms with Crippen molar-refractivity contribution < 1.29 is 32.7 Å². The molecule has 1 atom stereocenters. The van der Waals surface area contributed by atoms with Gasteiger partial charge >= 0.3 is 5.97 Å². The summed E-state index contributed by atoms with van der Waals surface area (Å²) in [5.74, 6) is -0.207. The number of hydrogen-bond donors (Lipinski definition) is 3. The molecule has 0 bridgehead atoms. The van der Waals surface area contributed by atoms with E-state index >= 15 is 0 Å². The zero-order chi connectivity index (χ0) is 21.0. The van der Waals surface area contributed by atoms with E-state index in [1.54, 1.807) is 18.2 Å². The SMILES string of the molecule is O=C(O)CNS(=O)(=O)c1ccc(NCC2COc3ccccc3O2)c([N+](=O)[O-])c1. The number of benzene rings is 2. The molecule has 0 fully saturated rings. The number of nitro groups is 1. The van der Waals surface area contributed by atoms with E-state index in [0.717, 1.165) is 12.1 Å². The Hall–Kier alpha value is -3.38. The van der Waals surface area contributed by atoms with Crippen molar-refractivity contribution in [3.05, 3.63) is 52.6 Å². The van der Waals surface area contributed by atoms with Crippen LogP contribution in [0, 0.1) is 10.1 Å². The number of fused-ring (bicyclic) bond motifs is 1. The lowest BCUT2D eigenvalue weighted by Gasteiger charge is -2.26. The second-order valence-corrected chi connectivity index (χ2v) is 7.80. The fourth-order valence-corrected chi connectivity index (χ4v) is 3.60. The monoisotopic (exact) mass is 423 g/mol. The molecule has 1 aliphatic rings. The number of carbonyl (C=O) groups is 1.